The number of likely N-dealkylation sites (tertiary alicyclic amines) is 1. The van der Waals surface area contributed by atoms with Crippen LogP contribution in [0, 0.1) is 11.8 Å². The number of carbonyl (C=O) groups is 1. The Kier molecular flexibility index (Phi) is 5.71. The maximum Gasteiger partial charge on any atom is 0.222 e. The SMILES string of the molecule is CC(C)Oc1ccc(N2CCC3CCC(O)(CN4CCCC4=O)CC3C2O)cn1. The number of aliphatic hydroxyl groups is 2. The van der Waals surface area contributed by atoms with E-state index in [0.717, 1.165) is 38.0 Å². The van der Waals surface area contributed by atoms with Crippen LogP contribution in [0.5, 0.6) is 5.88 Å². The highest BCUT2D eigenvalue weighted by Gasteiger charge is 2.47. The molecule has 4 rings (SSSR count). The van der Waals surface area contributed by atoms with Crippen LogP contribution in [0.1, 0.15) is 52.4 Å². The van der Waals surface area contributed by atoms with Gasteiger partial charge in [0.2, 0.25) is 11.8 Å². The topological polar surface area (TPSA) is 86.1 Å². The summed E-state index contributed by atoms with van der Waals surface area (Å²) in [6, 6.07) is 3.77. The highest BCUT2D eigenvalue weighted by atomic mass is 16.5. The molecule has 1 amide bonds. The van der Waals surface area contributed by atoms with Crippen molar-refractivity contribution in [1.29, 1.82) is 0 Å². The summed E-state index contributed by atoms with van der Waals surface area (Å²) in [7, 11) is 0. The monoisotopic (exact) mass is 403 g/mol. The Hall–Kier alpha value is -1.86. The average Bonchev–Trinajstić information content (AvgIpc) is 3.07. The minimum absolute atomic E-state index is 0.00760. The number of aromatic nitrogens is 1. The molecule has 0 spiro atoms. The van der Waals surface area contributed by atoms with E-state index in [1.807, 2.05) is 30.9 Å². The van der Waals surface area contributed by atoms with Crippen LogP contribution in [0.3, 0.4) is 0 Å². The zero-order valence-electron chi connectivity index (χ0n) is 17.5. The lowest BCUT2D eigenvalue weighted by atomic mass is 9.67. The van der Waals surface area contributed by atoms with Crippen molar-refractivity contribution in [3.8, 4) is 5.88 Å². The molecule has 160 valence electrons. The molecule has 2 N–H and O–H groups in total. The number of fused-ring (bicyclic) bond motifs is 1. The standard InChI is InChI=1S/C22H33N3O4/c1-15(2)29-19-6-5-17(13-23-19)25-11-8-16-7-9-22(28,12-18(16)21(25)27)14-24-10-3-4-20(24)26/h5-6,13,15-16,18,21,27-28H,3-4,7-12,14H2,1-2H3. The maximum absolute atomic E-state index is 12.0. The van der Waals surface area contributed by atoms with Gasteiger partial charge >= 0.3 is 0 Å². The van der Waals surface area contributed by atoms with Gasteiger partial charge in [0.05, 0.1) is 23.6 Å². The van der Waals surface area contributed by atoms with E-state index in [9.17, 15) is 15.0 Å². The van der Waals surface area contributed by atoms with Gasteiger partial charge in [-0.3, -0.25) is 4.79 Å². The Bertz CT molecular complexity index is 725. The quantitative estimate of drug-likeness (QED) is 0.784. The molecule has 4 unspecified atom stereocenters. The van der Waals surface area contributed by atoms with Crippen molar-refractivity contribution in [2.45, 2.75) is 70.3 Å². The van der Waals surface area contributed by atoms with Crippen molar-refractivity contribution in [2.24, 2.45) is 11.8 Å². The molecule has 1 saturated carbocycles. The van der Waals surface area contributed by atoms with E-state index in [-0.39, 0.29) is 17.9 Å². The van der Waals surface area contributed by atoms with E-state index in [1.165, 1.54) is 0 Å². The van der Waals surface area contributed by atoms with E-state index < -0.39 is 11.8 Å². The van der Waals surface area contributed by atoms with Crippen molar-refractivity contribution >= 4 is 11.6 Å². The Morgan fingerprint density at radius 2 is 2.14 bits per heavy atom. The van der Waals surface area contributed by atoms with Crippen molar-refractivity contribution in [3.05, 3.63) is 18.3 Å². The first-order valence-corrected chi connectivity index (χ1v) is 10.9. The molecule has 3 heterocycles. The lowest BCUT2D eigenvalue weighted by Crippen LogP contribution is -2.56. The molecule has 1 aromatic heterocycles. The number of hydrogen-bond acceptors (Lipinski definition) is 6. The Morgan fingerprint density at radius 1 is 1.31 bits per heavy atom. The summed E-state index contributed by atoms with van der Waals surface area (Å²) in [5, 5.41) is 22.4. The first-order valence-electron chi connectivity index (χ1n) is 10.9. The normalized spacial score (nSPS) is 32.6. The van der Waals surface area contributed by atoms with Gasteiger partial charge in [-0.15, -0.1) is 0 Å². The molecular formula is C22H33N3O4. The Balaban J connectivity index is 1.44. The smallest absolute Gasteiger partial charge is 0.222 e. The predicted octanol–water partition coefficient (Wildman–Crippen LogP) is 2.17. The summed E-state index contributed by atoms with van der Waals surface area (Å²) < 4.78 is 5.61. The third-order valence-electron chi connectivity index (χ3n) is 6.71. The van der Waals surface area contributed by atoms with Gasteiger partial charge in [-0.05, 0) is 57.9 Å². The lowest BCUT2D eigenvalue weighted by Gasteiger charge is -2.50. The van der Waals surface area contributed by atoms with Gasteiger partial charge in [0.25, 0.3) is 0 Å². The van der Waals surface area contributed by atoms with Crippen molar-refractivity contribution < 1.29 is 19.7 Å². The fourth-order valence-electron chi connectivity index (χ4n) is 5.26. The number of anilines is 1. The molecule has 1 aliphatic carbocycles. The number of β-amino-alcohol motifs (C(OH)–C–C–N with tert-alkyl or cyclic N) is 1. The van der Waals surface area contributed by atoms with Gasteiger partial charge in [-0.1, -0.05) is 0 Å². The highest BCUT2D eigenvalue weighted by molar-refractivity contribution is 5.78. The molecule has 4 atom stereocenters. The van der Waals surface area contributed by atoms with Crippen LogP contribution in [0.4, 0.5) is 5.69 Å². The highest BCUT2D eigenvalue weighted by Crippen LogP contribution is 2.44. The summed E-state index contributed by atoms with van der Waals surface area (Å²) in [5.74, 6) is 1.12. The average molecular weight is 404 g/mol. The minimum Gasteiger partial charge on any atom is -0.475 e. The van der Waals surface area contributed by atoms with Gasteiger partial charge in [-0.2, -0.15) is 0 Å². The third-order valence-corrected chi connectivity index (χ3v) is 6.71. The number of amides is 1. The fourth-order valence-corrected chi connectivity index (χ4v) is 5.26. The molecule has 0 bridgehead atoms. The lowest BCUT2D eigenvalue weighted by molar-refractivity contribution is -0.135. The number of aliphatic hydroxyl groups excluding tert-OH is 1. The van der Waals surface area contributed by atoms with Gasteiger partial charge in [-0.25, -0.2) is 4.98 Å². The zero-order valence-corrected chi connectivity index (χ0v) is 17.5. The third kappa shape index (κ3) is 4.36. The van der Waals surface area contributed by atoms with Crippen LogP contribution < -0.4 is 9.64 Å². The summed E-state index contributed by atoms with van der Waals surface area (Å²) in [6.07, 6.45) is 5.74. The summed E-state index contributed by atoms with van der Waals surface area (Å²) >= 11 is 0. The first kappa shape index (κ1) is 20.4. The molecule has 3 aliphatic rings. The molecule has 2 saturated heterocycles. The minimum atomic E-state index is -0.904. The van der Waals surface area contributed by atoms with Crippen molar-refractivity contribution in [1.82, 2.24) is 9.88 Å². The summed E-state index contributed by atoms with van der Waals surface area (Å²) in [4.78, 5) is 20.2. The second-order valence-corrected chi connectivity index (χ2v) is 9.23. The number of rotatable bonds is 5. The van der Waals surface area contributed by atoms with Crippen molar-refractivity contribution in [3.63, 3.8) is 0 Å². The van der Waals surface area contributed by atoms with Gasteiger partial charge in [0.1, 0.15) is 6.23 Å². The van der Waals surface area contributed by atoms with Crippen LogP contribution in [0.2, 0.25) is 0 Å². The fraction of sp³-hybridized carbons (Fsp3) is 0.727. The first-order chi connectivity index (χ1) is 13.8. The summed E-state index contributed by atoms with van der Waals surface area (Å²) in [5.41, 5.74) is -0.0332. The number of ether oxygens (including phenoxy) is 1. The maximum atomic E-state index is 12.0. The van der Waals surface area contributed by atoms with E-state index in [1.54, 1.807) is 11.1 Å². The molecule has 3 fully saturated rings. The van der Waals surface area contributed by atoms with Crippen LogP contribution in [-0.4, -0.2) is 63.6 Å². The molecule has 29 heavy (non-hydrogen) atoms. The molecule has 7 heteroatoms. The predicted molar refractivity (Wildman–Crippen MR) is 110 cm³/mol. The largest absolute Gasteiger partial charge is 0.475 e. The molecule has 1 aromatic rings. The zero-order chi connectivity index (χ0) is 20.6. The molecule has 2 aliphatic heterocycles. The van der Waals surface area contributed by atoms with Crippen LogP contribution in [0.15, 0.2) is 18.3 Å². The van der Waals surface area contributed by atoms with E-state index >= 15 is 0 Å². The van der Waals surface area contributed by atoms with Crippen molar-refractivity contribution in [2.75, 3.05) is 24.5 Å². The number of piperidine rings is 1. The molecular weight excluding hydrogens is 370 g/mol. The van der Waals surface area contributed by atoms with Gasteiger partial charge < -0.3 is 24.7 Å². The molecule has 0 aromatic carbocycles. The van der Waals surface area contributed by atoms with Gasteiger partial charge in [0.15, 0.2) is 0 Å². The number of hydrogen-bond donors (Lipinski definition) is 2. The second-order valence-electron chi connectivity index (χ2n) is 9.23. The second kappa shape index (κ2) is 8.11. The van der Waals surface area contributed by atoms with E-state index in [0.29, 0.717) is 37.6 Å². The number of pyridine rings is 1. The Morgan fingerprint density at radius 3 is 2.79 bits per heavy atom. The molecule has 0 radical (unpaired) electrons. The van der Waals surface area contributed by atoms with Crippen LogP contribution in [-0.2, 0) is 4.79 Å². The Labute approximate surface area is 172 Å². The van der Waals surface area contributed by atoms with E-state index in [2.05, 4.69) is 4.98 Å². The van der Waals surface area contributed by atoms with Crippen LogP contribution >= 0.6 is 0 Å². The van der Waals surface area contributed by atoms with E-state index in [4.69, 9.17) is 4.74 Å². The van der Waals surface area contributed by atoms with Crippen LogP contribution in [0.25, 0.3) is 0 Å². The number of nitrogens with zero attached hydrogens (tertiary/aromatic N) is 3. The summed E-state index contributed by atoms with van der Waals surface area (Å²) in [6.45, 7) is 5.83. The molecule has 7 nitrogen and oxygen atoms in total. The number of carbonyl (C=O) groups excluding carboxylic acids is 1. The van der Waals surface area contributed by atoms with Gasteiger partial charge in [0, 0.05) is 38.0 Å².